The summed E-state index contributed by atoms with van der Waals surface area (Å²) in [5.41, 5.74) is 0.761. The summed E-state index contributed by atoms with van der Waals surface area (Å²) < 4.78 is 0. The van der Waals surface area contributed by atoms with Gasteiger partial charge in [0.15, 0.2) is 5.78 Å². The van der Waals surface area contributed by atoms with E-state index >= 15 is 0 Å². The molecule has 9 heavy (non-hydrogen) atoms. The van der Waals surface area contributed by atoms with Gasteiger partial charge in [-0.1, -0.05) is 22.0 Å². The van der Waals surface area contributed by atoms with Crippen molar-refractivity contribution in [3.8, 4) is 0 Å². The van der Waals surface area contributed by atoms with Gasteiger partial charge in [-0.3, -0.25) is 4.79 Å². The summed E-state index contributed by atoms with van der Waals surface area (Å²) in [6, 6.07) is 0. The maximum absolute atomic E-state index is 10.9. The lowest BCUT2D eigenvalue weighted by Gasteiger charge is -1.99. The number of hydrogen-bond acceptors (Lipinski definition) is 1. The summed E-state index contributed by atoms with van der Waals surface area (Å²) in [6.07, 6.45) is 1.77. The van der Waals surface area contributed by atoms with Gasteiger partial charge in [-0.15, -0.1) is 11.6 Å². The van der Waals surface area contributed by atoms with E-state index in [0.717, 1.165) is 5.57 Å². The van der Waals surface area contributed by atoms with Crippen molar-refractivity contribution in [2.24, 2.45) is 0 Å². The van der Waals surface area contributed by atoms with Gasteiger partial charge in [0, 0.05) is 0 Å². The monoisotopic (exact) mass is 208 g/mol. The first-order chi connectivity index (χ1) is 4.13. The molecule has 0 amide bonds. The molecule has 0 aromatic rings. The van der Waals surface area contributed by atoms with Crippen LogP contribution in [0.1, 0.15) is 6.92 Å². The van der Waals surface area contributed by atoms with E-state index in [2.05, 4.69) is 15.9 Å². The minimum Gasteiger partial charge on any atom is -0.293 e. The number of ketones is 1. The number of carbonyl (C=O) groups is 1. The molecule has 0 fully saturated rings. The van der Waals surface area contributed by atoms with E-state index in [-0.39, 0.29) is 16.0 Å². The summed E-state index contributed by atoms with van der Waals surface area (Å²) in [5.74, 6) is 0.106. The number of alkyl halides is 2. The third-order valence-corrected chi connectivity index (χ3v) is 3.00. The van der Waals surface area contributed by atoms with Crippen LogP contribution in [0.5, 0.6) is 0 Å². The molecule has 0 radical (unpaired) electrons. The first-order valence-corrected chi connectivity index (χ1v) is 3.99. The third kappa shape index (κ3) is 1.19. The summed E-state index contributed by atoms with van der Waals surface area (Å²) in [7, 11) is 0. The number of hydrogen-bond donors (Lipinski definition) is 0. The second-order valence-electron chi connectivity index (χ2n) is 2.06. The van der Waals surface area contributed by atoms with Crippen molar-refractivity contribution < 1.29 is 4.79 Å². The number of carbonyl (C=O) groups excluding carboxylic acids is 1. The number of allylic oxidation sites excluding steroid dienone is 2. The van der Waals surface area contributed by atoms with Crippen LogP contribution in [-0.4, -0.2) is 16.0 Å². The first kappa shape index (κ1) is 7.29. The van der Waals surface area contributed by atoms with Crippen molar-refractivity contribution in [3.63, 3.8) is 0 Å². The van der Waals surface area contributed by atoms with Crippen molar-refractivity contribution in [2.45, 2.75) is 17.1 Å². The van der Waals surface area contributed by atoms with Crippen LogP contribution in [-0.2, 0) is 4.79 Å². The Balaban J connectivity index is 2.82. The van der Waals surface area contributed by atoms with E-state index in [1.165, 1.54) is 0 Å². The zero-order valence-corrected chi connectivity index (χ0v) is 7.24. The highest BCUT2D eigenvalue weighted by Gasteiger charge is 2.29. The quantitative estimate of drug-likeness (QED) is 0.557. The Morgan fingerprint density at radius 2 is 2.33 bits per heavy atom. The Morgan fingerprint density at radius 1 is 1.78 bits per heavy atom. The van der Waals surface area contributed by atoms with Gasteiger partial charge in [0.1, 0.15) is 0 Å². The molecule has 1 aliphatic rings. The highest BCUT2D eigenvalue weighted by atomic mass is 79.9. The predicted octanol–water partition coefficient (Wildman–Crippen LogP) is 1.89. The molecule has 0 saturated carbocycles. The molecule has 2 atom stereocenters. The zero-order chi connectivity index (χ0) is 7.02. The molecule has 2 unspecified atom stereocenters. The van der Waals surface area contributed by atoms with E-state index in [1.807, 2.05) is 0 Å². The van der Waals surface area contributed by atoms with Crippen LogP contribution in [0.15, 0.2) is 11.6 Å². The molecule has 1 nitrogen and oxygen atoms in total. The lowest BCUT2D eigenvalue weighted by Crippen LogP contribution is -2.15. The van der Waals surface area contributed by atoms with Crippen LogP contribution in [0.3, 0.4) is 0 Å². The van der Waals surface area contributed by atoms with E-state index in [4.69, 9.17) is 11.6 Å². The standard InChI is InChI=1S/C6H6BrClO/c1-3-2-4(8)5(7)6(3)9/h2,4-5H,1H3. The second kappa shape index (κ2) is 2.43. The largest absolute Gasteiger partial charge is 0.293 e. The van der Waals surface area contributed by atoms with E-state index in [9.17, 15) is 4.79 Å². The lowest BCUT2D eigenvalue weighted by molar-refractivity contribution is -0.114. The lowest BCUT2D eigenvalue weighted by atomic mass is 10.2. The van der Waals surface area contributed by atoms with Crippen LogP contribution in [0.25, 0.3) is 0 Å². The molecular weight excluding hydrogens is 203 g/mol. The Hall–Kier alpha value is 0.180. The molecule has 0 spiro atoms. The predicted molar refractivity (Wildman–Crippen MR) is 41.1 cm³/mol. The van der Waals surface area contributed by atoms with Crippen molar-refractivity contribution in [1.29, 1.82) is 0 Å². The van der Waals surface area contributed by atoms with Crippen LogP contribution in [0.4, 0.5) is 0 Å². The minimum atomic E-state index is -0.195. The zero-order valence-electron chi connectivity index (χ0n) is 4.90. The van der Waals surface area contributed by atoms with Crippen LogP contribution >= 0.6 is 27.5 Å². The molecule has 0 aromatic heterocycles. The van der Waals surface area contributed by atoms with Gasteiger partial charge in [0.25, 0.3) is 0 Å². The van der Waals surface area contributed by atoms with E-state index in [0.29, 0.717) is 0 Å². The molecule has 0 N–H and O–H groups in total. The highest BCUT2D eigenvalue weighted by Crippen LogP contribution is 2.25. The van der Waals surface area contributed by atoms with Crippen molar-refractivity contribution in [3.05, 3.63) is 11.6 Å². The number of halogens is 2. The normalized spacial score (nSPS) is 35.0. The SMILES string of the molecule is CC1=CC(Cl)C(Br)C1=O. The molecule has 1 rings (SSSR count). The Bertz CT molecular complexity index is 176. The van der Waals surface area contributed by atoms with Gasteiger partial charge < -0.3 is 0 Å². The summed E-state index contributed by atoms with van der Waals surface area (Å²) in [6.45, 7) is 1.78. The molecule has 0 heterocycles. The summed E-state index contributed by atoms with van der Waals surface area (Å²) in [5, 5.41) is -0.155. The molecule has 3 heteroatoms. The number of Topliss-reactive ketones (excluding diaryl/α,β-unsaturated/α-hetero) is 1. The maximum Gasteiger partial charge on any atom is 0.173 e. The van der Waals surface area contributed by atoms with E-state index < -0.39 is 0 Å². The van der Waals surface area contributed by atoms with Crippen molar-refractivity contribution in [1.82, 2.24) is 0 Å². The molecular formula is C6H6BrClO. The average molecular weight is 209 g/mol. The fourth-order valence-electron chi connectivity index (χ4n) is 0.768. The minimum absolute atomic E-state index is 0.106. The Kier molecular flexibility index (Phi) is 1.97. The topological polar surface area (TPSA) is 17.1 Å². The van der Waals surface area contributed by atoms with Crippen molar-refractivity contribution in [2.75, 3.05) is 0 Å². The van der Waals surface area contributed by atoms with Gasteiger partial charge in [-0.25, -0.2) is 0 Å². The highest BCUT2D eigenvalue weighted by molar-refractivity contribution is 9.10. The van der Waals surface area contributed by atoms with Crippen molar-refractivity contribution >= 4 is 33.3 Å². The fourth-order valence-corrected chi connectivity index (χ4v) is 1.58. The van der Waals surface area contributed by atoms with Gasteiger partial charge in [0.05, 0.1) is 10.2 Å². The fraction of sp³-hybridized carbons (Fsp3) is 0.500. The summed E-state index contributed by atoms with van der Waals surface area (Å²) >= 11 is 8.88. The third-order valence-electron chi connectivity index (χ3n) is 1.33. The molecule has 1 aliphatic carbocycles. The first-order valence-electron chi connectivity index (χ1n) is 2.63. The molecule has 0 aromatic carbocycles. The van der Waals surface area contributed by atoms with Crippen LogP contribution < -0.4 is 0 Å². The molecule has 50 valence electrons. The van der Waals surface area contributed by atoms with Crippen LogP contribution in [0, 0.1) is 0 Å². The molecule has 0 aliphatic heterocycles. The number of rotatable bonds is 0. The maximum atomic E-state index is 10.9. The van der Waals surface area contributed by atoms with Gasteiger partial charge in [0.2, 0.25) is 0 Å². The van der Waals surface area contributed by atoms with Crippen LogP contribution in [0.2, 0.25) is 0 Å². The summed E-state index contributed by atoms with van der Waals surface area (Å²) in [4.78, 5) is 10.7. The van der Waals surface area contributed by atoms with Gasteiger partial charge in [-0.2, -0.15) is 0 Å². The van der Waals surface area contributed by atoms with Gasteiger partial charge in [-0.05, 0) is 12.5 Å². The van der Waals surface area contributed by atoms with E-state index in [1.54, 1.807) is 13.0 Å². The second-order valence-corrected chi connectivity index (χ2v) is 3.55. The molecule has 0 saturated heterocycles. The average Bonchev–Trinajstić information content (AvgIpc) is 1.98. The van der Waals surface area contributed by atoms with Gasteiger partial charge >= 0.3 is 0 Å². The molecule has 0 bridgehead atoms. The smallest absolute Gasteiger partial charge is 0.173 e. The Labute approximate surface area is 67.2 Å². The Morgan fingerprint density at radius 3 is 2.44 bits per heavy atom.